The third-order valence-corrected chi connectivity index (χ3v) is 5.05. The quantitative estimate of drug-likeness (QED) is 0.620. The summed E-state index contributed by atoms with van der Waals surface area (Å²) in [5.74, 6) is -1.33. The SMILES string of the molecule is O=C(CSc1nnc(CNC(=O)c2c(F)cccc2Cl)o1)NC[C@H]1CCCO1. The molecule has 2 amide bonds. The third kappa shape index (κ3) is 5.66. The number of halogens is 2. The van der Waals surface area contributed by atoms with Crippen LogP contribution >= 0.6 is 23.4 Å². The molecule has 1 fully saturated rings. The average molecular weight is 429 g/mol. The summed E-state index contributed by atoms with van der Waals surface area (Å²) in [5.41, 5.74) is -0.249. The second kappa shape index (κ2) is 9.85. The van der Waals surface area contributed by atoms with E-state index in [0.717, 1.165) is 37.3 Å². The van der Waals surface area contributed by atoms with Crippen molar-refractivity contribution in [1.82, 2.24) is 20.8 Å². The average Bonchev–Trinajstić information content (AvgIpc) is 3.34. The van der Waals surface area contributed by atoms with Crippen LogP contribution in [-0.4, -0.2) is 47.0 Å². The minimum Gasteiger partial charge on any atom is -0.414 e. The summed E-state index contributed by atoms with van der Waals surface area (Å²) in [4.78, 5) is 23.9. The smallest absolute Gasteiger partial charge is 0.277 e. The molecule has 0 saturated carbocycles. The van der Waals surface area contributed by atoms with Crippen molar-refractivity contribution in [2.45, 2.75) is 30.7 Å². The summed E-state index contributed by atoms with van der Waals surface area (Å²) in [5, 5.41) is 13.0. The van der Waals surface area contributed by atoms with E-state index in [-0.39, 0.29) is 46.0 Å². The lowest BCUT2D eigenvalue weighted by Gasteiger charge is -2.09. The molecule has 1 aliphatic heterocycles. The highest BCUT2D eigenvalue weighted by Crippen LogP contribution is 2.19. The molecule has 28 heavy (non-hydrogen) atoms. The fourth-order valence-electron chi connectivity index (χ4n) is 2.54. The number of hydrogen-bond acceptors (Lipinski definition) is 7. The predicted molar refractivity (Wildman–Crippen MR) is 99.6 cm³/mol. The highest BCUT2D eigenvalue weighted by molar-refractivity contribution is 7.99. The minimum absolute atomic E-state index is 0.00768. The van der Waals surface area contributed by atoms with Gasteiger partial charge in [0.25, 0.3) is 11.1 Å². The summed E-state index contributed by atoms with van der Waals surface area (Å²) in [6.45, 7) is 1.13. The molecule has 0 aliphatic carbocycles. The van der Waals surface area contributed by atoms with Crippen LogP contribution in [0.2, 0.25) is 5.02 Å². The molecular formula is C17H18ClFN4O4S. The molecular weight excluding hydrogens is 411 g/mol. The van der Waals surface area contributed by atoms with Gasteiger partial charge in [-0.1, -0.05) is 29.4 Å². The van der Waals surface area contributed by atoms with Crippen molar-refractivity contribution >= 4 is 35.2 Å². The first kappa shape index (κ1) is 20.6. The second-order valence-electron chi connectivity index (χ2n) is 5.97. The van der Waals surface area contributed by atoms with Crippen LogP contribution in [-0.2, 0) is 16.1 Å². The van der Waals surface area contributed by atoms with Gasteiger partial charge in [-0.3, -0.25) is 9.59 Å². The van der Waals surface area contributed by atoms with Gasteiger partial charge in [0.2, 0.25) is 11.8 Å². The zero-order valence-electron chi connectivity index (χ0n) is 14.7. The summed E-state index contributed by atoms with van der Waals surface area (Å²) >= 11 is 6.93. The molecule has 1 aliphatic rings. The van der Waals surface area contributed by atoms with E-state index in [2.05, 4.69) is 20.8 Å². The van der Waals surface area contributed by atoms with Gasteiger partial charge in [-0.25, -0.2) is 4.39 Å². The van der Waals surface area contributed by atoms with Gasteiger partial charge >= 0.3 is 0 Å². The molecule has 2 N–H and O–H groups in total. The van der Waals surface area contributed by atoms with E-state index in [1.807, 2.05) is 0 Å². The van der Waals surface area contributed by atoms with E-state index >= 15 is 0 Å². The topological polar surface area (TPSA) is 106 Å². The highest BCUT2D eigenvalue weighted by Gasteiger charge is 2.18. The van der Waals surface area contributed by atoms with Crippen molar-refractivity contribution in [1.29, 1.82) is 0 Å². The Morgan fingerprint density at radius 1 is 1.32 bits per heavy atom. The first-order valence-electron chi connectivity index (χ1n) is 8.58. The highest BCUT2D eigenvalue weighted by atomic mass is 35.5. The number of amides is 2. The van der Waals surface area contributed by atoms with Crippen molar-refractivity contribution in [2.75, 3.05) is 18.9 Å². The van der Waals surface area contributed by atoms with Gasteiger partial charge in [-0.15, -0.1) is 10.2 Å². The molecule has 11 heteroatoms. The summed E-state index contributed by atoms with van der Waals surface area (Å²) in [6, 6.07) is 3.98. The lowest BCUT2D eigenvalue weighted by atomic mass is 10.2. The first-order valence-corrected chi connectivity index (χ1v) is 9.95. The van der Waals surface area contributed by atoms with Crippen LogP contribution in [0.15, 0.2) is 27.8 Å². The van der Waals surface area contributed by atoms with E-state index in [1.165, 1.54) is 12.1 Å². The molecule has 1 aromatic carbocycles. The van der Waals surface area contributed by atoms with Crippen LogP contribution in [0.25, 0.3) is 0 Å². The fourth-order valence-corrected chi connectivity index (χ4v) is 3.40. The van der Waals surface area contributed by atoms with E-state index in [4.69, 9.17) is 20.8 Å². The van der Waals surface area contributed by atoms with E-state index in [9.17, 15) is 14.0 Å². The van der Waals surface area contributed by atoms with Gasteiger partial charge in [0.1, 0.15) is 5.82 Å². The van der Waals surface area contributed by atoms with Crippen molar-refractivity contribution in [3.05, 3.63) is 40.5 Å². The number of thioether (sulfide) groups is 1. The molecule has 3 rings (SSSR count). The fraction of sp³-hybridized carbons (Fsp3) is 0.412. The zero-order valence-corrected chi connectivity index (χ0v) is 16.3. The normalized spacial score (nSPS) is 16.1. The summed E-state index contributed by atoms with van der Waals surface area (Å²) in [6.07, 6.45) is 2.04. The van der Waals surface area contributed by atoms with Gasteiger partial charge in [0.15, 0.2) is 0 Å². The number of nitrogens with zero attached hydrogens (tertiary/aromatic N) is 2. The number of ether oxygens (including phenoxy) is 1. The van der Waals surface area contributed by atoms with Gasteiger partial charge in [-0.2, -0.15) is 0 Å². The largest absolute Gasteiger partial charge is 0.414 e. The van der Waals surface area contributed by atoms with Crippen LogP contribution in [0.4, 0.5) is 4.39 Å². The Hall–Kier alpha value is -2.17. The standard InChI is InChI=1S/C17H18ClFN4O4S/c18-11-4-1-5-12(19)15(11)16(25)21-8-14-22-23-17(27-14)28-9-13(24)20-7-10-3-2-6-26-10/h1,4-5,10H,2-3,6-9H2,(H,20,24)(H,21,25)/t10-/m1/s1. The third-order valence-electron chi connectivity index (χ3n) is 3.92. The van der Waals surface area contributed by atoms with Gasteiger partial charge < -0.3 is 19.8 Å². The summed E-state index contributed by atoms with van der Waals surface area (Å²) < 4.78 is 24.5. The minimum atomic E-state index is -0.721. The molecule has 150 valence electrons. The molecule has 1 atom stereocenters. The van der Waals surface area contributed by atoms with Gasteiger partial charge in [-0.05, 0) is 25.0 Å². The van der Waals surface area contributed by atoms with Crippen molar-refractivity contribution in [2.24, 2.45) is 0 Å². The first-order chi connectivity index (χ1) is 13.5. The Morgan fingerprint density at radius 3 is 2.93 bits per heavy atom. The lowest BCUT2D eigenvalue weighted by molar-refractivity contribution is -0.119. The molecule has 1 aromatic heterocycles. The zero-order chi connectivity index (χ0) is 19.9. The Kier molecular flexibility index (Phi) is 7.24. The Morgan fingerprint density at radius 2 is 2.18 bits per heavy atom. The number of hydrogen-bond donors (Lipinski definition) is 2. The van der Waals surface area contributed by atoms with Crippen LogP contribution in [0.1, 0.15) is 29.1 Å². The van der Waals surface area contributed by atoms with Gasteiger partial charge in [0.05, 0.1) is 29.0 Å². The Bertz CT molecular complexity index is 824. The molecule has 0 spiro atoms. The van der Waals surface area contributed by atoms with Crippen LogP contribution in [0.5, 0.6) is 0 Å². The maximum absolute atomic E-state index is 13.7. The van der Waals surface area contributed by atoms with E-state index in [0.29, 0.717) is 6.54 Å². The van der Waals surface area contributed by atoms with Gasteiger partial charge in [0, 0.05) is 13.2 Å². The number of nitrogens with one attached hydrogen (secondary N) is 2. The van der Waals surface area contributed by atoms with Crippen molar-refractivity contribution in [3.63, 3.8) is 0 Å². The molecule has 2 heterocycles. The van der Waals surface area contributed by atoms with E-state index < -0.39 is 11.7 Å². The van der Waals surface area contributed by atoms with Crippen LogP contribution < -0.4 is 10.6 Å². The van der Waals surface area contributed by atoms with Crippen LogP contribution in [0.3, 0.4) is 0 Å². The number of rotatable bonds is 8. The number of carbonyl (C=O) groups excluding carboxylic acids is 2. The molecule has 8 nitrogen and oxygen atoms in total. The number of aromatic nitrogens is 2. The molecule has 1 saturated heterocycles. The van der Waals surface area contributed by atoms with Crippen molar-refractivity contribution < 1.29 is 23.1 Å². The summed E-state index contributed by atoms with van der Waals surface area (Å²) in [7, 11) is 0. The number of carbonyl (C=O) groups is 2. The second-order valence-corrected chi connectivity index (χ2v) is 7.30. The molecule has 2 aromatic rings. The molecule has 0 radical (unpaired) electrons. The lowest BCUT2D eigenvalue weighted by Crippen LogP contribution is -2.32. The van der Waals surface area contributed by atoms with Crippen molar-refractivity contribution in [3.8, 4) is 0 Å². The van der Waals surface area contributed by atoms with E-state index in [1.54, 1.807) is 0 Å². The Balaban J connectivity index is 1.42. The maximum atomic E-state index is 13.7. The molecule has 0 unspecified atom stereocenters. The van der Waals surface area contributed by atoms with Crippen LogP contribution in [0, 0.1) is 5.82 Å². The monoisotopic (exact) mass is 428 g/mol. The molecule has 0 bridgehead atoms. The Labute approximate surface area is 169 Å². The predicted octanol–water partition coefficient (Wildman–Crippen LogP) is 2.18. The number of benzene rings is 1. The maximum Gasteiger partial charge on any atom is 0.277 e.